The summed E-state index contributed by atoms with van der Waals surface area (Å²) in [5, 5.41) is 6.02. The van der Waals surface area contributed by atoms with Gasteiger partial charge in [0.2, 0.25) is 11.9 Å². The van der Waals surface area contributed by atoms with Crippen LogP contribution < -0.4 is 15.5 Å². The van der Waals surface area contributed by atoms with Crippen molar-refractivity contribution in [2.75, 3.05) is 18.0 Å². The molecule has 0 spiro atoms. The van der Waals surface area contributed by atoms with Gasteiger partial charge in [0, 0.05) is 26.1 Å². The molecule has 3 aromatic rings. The molecule has 0 saturated carbocycles. The molecule has 0 aliphatic carbocycles. The van der Waals surface area contributed by atoms with Crippen LogP contribution in [0.15, 0.2) is 54.6 Å². The second-order valence-electron chi connectivity index (χ2n) is 7.95. The normalized spacial score (nSPS) is 13.8. The van der Waals surface area contributed by atoms with Crippen molar-refractivity contribution in [3.05, 3.63) is 60.2 Å². The number of aromatic nitrogens is 2. The molecule has 0 saturated heterocycles. The number of nitrogens with zero attached hydrogens (tertiary/aromatic N) is 3. The average molecular weight is 420 g/mol. The largest absolute Gasteiger partial charge is 0.350 e. The van der Waals surface area contributed by atoms with Crippen LogP contribution in [0.2, 0.25) is 0 Å². The van der Waals surface area contributed by atoms with Crippen LogP contribution in [0, 0.1) is 0 Å². The SMILES string of the molecule is C[C@H](NC(=O)CCCCCNC(=O)N1CCn2c1nc1ccccc12)c1ccccc1. The van der Waals surface area contributed by atoms with Gasteiger partial charge in [-0.25, -0.2) is 9.78 Å². The maximum atomic E-state index is 12.6. The van der Waals surface area contributed by atoms with Gasteiger partial charge in [-0.1, -0.05) is 48.9 Å². The molecule has 2 aromatic carbocycles. The molecule has 4 rings (SSSR count). The van der Waals surface area contributed by atoms with Gasteiger partial charge in [-0.2, -0.15) is 0 Å². The molecule has 3 amide bonds. The molecule has 2 heterocycles. The lowest BCUT2D eigenvalue weighted by Gasteiger charge is -2.15. The summed E-state index contributed by atoms with van der Waals surface area (Å²) >= 11 is 0. The number of unbranched alkanes of at least 4 members (excludes halogenated alkanes) is 2. The number of carbonyl (C=O) groups is 2. The Balaban J connectivity index is 1.14. The van der Waals surface area contributed by atoms with Gasteiger partial charge in [0.15, 0.2) is 0 Å². The average Bonchev–Trinajstić information content (AvgIpc) is 3.36. The number of hydrogen-bond acceptors (Lipinski definition) is 3. The summed E-state index contributed by atoms with van der Waals surface area (Å²) in [5.74, 6) is 0.777. The minimum atomic E-state index is -0.108. The third-order valence-corrected chi connectivity index (χ3v) is 5.70. The number of urea groups is 1. The first-order valence-corrected chi connectivity index (χ1v) is 11.0. The van der Waals surface area contributed by atoms with Crippen LogP contribution in [0.25, 0.3) is 11.0 Å². The van der Waals surface area contributed by atoms with Crippen LogP contribution in [0.5, 0.6) is 0 Å². The fourth-order valence-corrected chi connectivity index (χ4v) is 4.00. The van der Waals surface area contributed by atoms with Gasteiger partial charge in [-0.15, -0.1) is 0 Å². The standard InChI is InChI=1S/C24H29N5O2/c1-18(19-10-4-2-5-11-19)26-22(30)14-6-3-9-15-25-24(31)29-17-16-28-21-13-8-7-12-20(21)27-23(28)29/h2,4-5,7-8,10-13,18H,3,6,9,14-17H2,1H3,(H,25,31)(H,26,30)/t18-/m0/s1. The number of rotatable bonds is 8. The van der Waals surface area contributed by atoms with Crippen molar-refractivity contribution in [2.24, 2.45) is 0 Å². The maximum Gasteiger partial charge on any atom is 0.324 e. The molecule has 0 radical (unpaired) electrons. The van der Waals surface area contributed by atoms with E-state index in [9.17, 15) is 9.59 Å². The Morgan fingerprint density at radius 1 is 1.00 bits per heavy atom. The lowest BCUT2D eigenvalue weighted by Crippen LogP contribution is -2.39. The first kappa shape index (κ1) is 20.9. The Bertz CT molecular complexity index is 1050. The number of benzene rings is 2. The van der Waals surface area contributed by atoms with E-state index >= 15 is 0 Å². The van der Waals surface area contributed by atoms with E-state index in [1.165, 1.54) is 0 Å². The van der Waals surface area contributed by atoms with Crippen molar-refractivity contribution in [3.8, 4) is 0 Å². The van der Waals surface area contributed by atoms with E-state index < -0.39 is 0 Å². The second kappa shape index (κ2) is 9.64. The predicted molar refractivity (Wildman–Crippen MR) is 122 cm³/mol. The third kappa shape index (κ3) is 4.87. The van der Waals surface area contributed by atoms with Crippen LogP contribution in [0.4, 0.5) is 10.7 Å². The number of para-hydroxylation sites is 2. The van der Waals surface area contributed by atoms with Gasteiger partial charge < -0.3 is 15.2 Å². The minimum absolute atomic E-state index is 0.0117. The van der Waals surface area contributed by atoms with Crippen molar-refractivity contribution in [3.63, 3.8) is 0 Å². The van der Waals surface area contributed by atoms with E-state index in [1.807, 2.05) is 61.5 Å². The van der Waals surface area contributed by atoms with Crippen LogP contribution in [0.1, 0.15) is 44.2 Å². The highest BCUT2D eigenvalue weighted by Gasteiger charge is 2.27. The summed E-state index contributed by atoms with van der Waals surface area (Å²) in [7, 11) is 0. The molecule has 0 unspecified atom stereocenters. The Kier molecular flexibility index (Phi) is 6.50. The van der Waals surface area contributed by atoms with E-state index in [2.05, 4.69) is 20.2 Å². The van der Waals surface area contributed by atoms with Gasteiger partial charge in [0.25, 0.3) is 0 Å². The zero-order chi connectivity index (χ0) is 21.6. The molecule has 1 aliphatic heterocycles. The topological polar surface area (TPSA) is 79.3 Å². The summed E-state index contributed by atoms with van der Waals surface area (Å²) in [6.07, 6.45) is 3.05. The maximum absolute atomic E-state index is 12.6. The molecule has 7 nitrogen and oxygen atoms in total. The second-order valence-corrected chi connectivity index (χ2v) is 7.95. The first-order valence-electron chi connectivity index (χ1n) is 11.0. The highest BCUT2D eigenvalue weighted by atomic mass is 16.2. The van der Waals surface area contributed by atoms with Gasteiger partial charge in [-0.3, -0.25) is 9.69 Å². The smallest absolute Gasteiger partial charge is 0.324 e. The fraction of sp³-hybridized carbons (Fsp3) is 0.375. The van der Waals surface area contributed by atoms with Crippen molar-refractivity contribution in [1.82, 2.24) is 20.2 Å². The number of carbonyl (C=O) groups excluding carboxylic acids is 2. The highest BCUT2D eigenvalue weighted by Crippen LogP contribution is 2.26. The Morgan fingerprint density at radius 2 is 1.77 bits per heavy atom. The zero-order valence-electron chi connectivity index (χ0n) is 17.9. The van der Waals surface area contributed by atoms with Crippen molar-refractivity contribution in [1.29, 1.82) is 0 Å². The zero-order valence-corrected chi connectivity index (χ0v) is 17.9. The van der Waals surface area contributed by atoms with Crippen LogP contribution in [0.3, 0.4) is 0 Å². The summed E-state index contributed by atoms with van der Waals surface area (Å²) in [4.78, 5) is 31.0. The molecular weight excluding hydrogens is 390 g/mol. The lowest BCUT2D eigenvalue weighted by molar-refractivity contribution is -0.121. The molecule has 162 valence electrons. The number of nitrogens with one attached hydrogen (secondary N) is 2. The minimum Gasteiger partial charge on any atom is -0.350 e. The Hall–Kier alpha value is -3.35. The van der Waals surface area contributed by atoms with Gasteiger partial charge in [0.05, 0.1) is 17.1 Å². The Morgan fingerprint density at radius 3 is 2.61 bits per heavy atom. The number of amides is 3. The molecule has 7 heteroatoms. The van der Waals surface area contributed by atoms with E-state index in [0.717, 1.165) is 42.4 Å². The molecule has 0 fully saturated rings. The first-order chi connectivity index (χ1) is 15.1. The molecular formula is C24H29N5O2. The molecule has 1 aliphatic rings. The van der Waals surface area contributed by atoms with E-state index in [1.54, 1.807) is 4.90 Å². The van der Waals surface area contributed by atoms with Crippen molar-refractivity contribution in [2.45, 2.75) is 45.2 Å². The summed E-state index contributed by atoms with van der Waals surface area (Å²) in [5.41, 5.74) is 3.08. The van der Waals surface area contributed by atoms with E-state index in [0.29, 0.717) is 25.5 Å². The predicted octanol–water partition coefficient (Wildman–Crippen LogP) is 4.00. The third-order valence-electron chi connectivity index (χ3n) is 5.70. The number of imidazole rings is 1. The summed E-state index contributed by atoms with van der Waals surface area (Å²) in [6.45, 7) is 3.99. The van der Waals surface area contributed by atoms with Gasteiger partial charge >= 0.3 is 6.03 Å². The summed E-state index contributed by atoms with van der Waals surface area (Å²) in [6, 6.07) is 17.8. The lowest BCUT2D eigenvalue weighted by atomic mass is 10.1. The number of anilines is 1. The van der Waals surface area contributed by atoms with E-state index in [-0.39, 0.29) is 18.0 Å². The van der Waals surface area contributed by atoms with Crippen LogP contribution >= 0.6 is 0 Å². The number of fused-ring (bicyclic) bond motifs is 3. The molecule has 0 bridgehead atoms. The molecule has 1 atom stereocenters. The monoisotopic (exact) mass is 419 g/mol. The fourth-order valence-electron chi connectivity index (χ4n) is 4.00. The Labute approximate surface area is 182 Å². The quantitative estimate of drug-likeness (QED) is 0.542. The van der Waals surface area contributed by atoms with Gasteiger partial charge in [0.1, 0.15) is 0 Å². The molecule has 31 heavy (non-hydrogen) atoms. The van der Waals surface area contributed by atoms with Crippen LogP contribution in [-0.2, 0) is 11.3 Å². The number of hydrogen-bond donors (Lipinski definition) is 2. The molecule has 1 aromatic heterocycles. The molecule has 2 N–H and O–H groups in total. The van der Waals surface area contributed by atoms with E-state index in [4.69, 9.17) is 0 Å². The van der Waals surface area contributed by atoms with Crippen molar-refractivity contribution >= 4 is 28.9 Å². The van der Waals surface area contributed by atoms with Crippen molar-refractivity contribution < 1.29 is 9.59 Å². The highest BCUT2D eigenvalue weighted by molar-refractivity contribution is 5.93. The van der Waals surface area contributed by atoms with Crippen LogP contribution in [-0.4, -0.2) is 34.6 Å². The van der Waals surface area contributed by atoms with Gasteiger partial charge in [-0.05, 0) is 37.5 Å². The summed E-state index contributed by atoms with van der Waals surface area (Å²) < 4.78 is 2.09.